The topological polar surface area (TPSA) is 86.8 Å². The molecule has 1 fully saturated rings. The lowest BCUT2D eigenvalue weighted by atomic mass is 9.90. The summed E-state index contributed by atoms with van der Waals surface area (Å²) in [7, 11) is 0. The molecule has 104 valence electrons. The summed E-state index contributed by atoms with van der Waals surface area (Å²) < 4.78 is 0. The van der Waals surface area contributed by atoms with Gasteiger partial charge in [-0.05, 0) is 25.3 Å². The van der Waals surface area contributed by atoms with Crippen molar-refractivity contribution >= 4 is 11.4 Å². The van der Waals surface area contributed by atoms with Crippen LogP contribution in [-0.4, -0.2) is 34.3 Å². The standard InChI is InChI=1S/C13H18N2O4/c16-7-6-14(11-2-1-3-11)13-5-4-12(15(18)19)8-10(13)9-17/h4-5,8,11,16-17H,1-3,6-7,9H2. The summed E-state index contributed by atoms with van der Waals surface area (Å²) in [5, 5.41) is 29.3. The minimum atomic E-state index is -0.470. The fraction of sp³-hybridized carbons (Fsp3) is 0.538. The van der Waals surface area contributed by atoms with Gasteiger partial charge in [0, 0.05) is 36.0 Å². The van der Waals surface area contributed by atoms with Gasteiger partial charge in [-0.25, -0.2) is 0 Å². The van der Waals surface area contributed by atoms with Gasteiger partial charge in [0.05, 0.1) is 18.1 Å². The van der Waals surface area contributed by atoms with Gasteiger partial charge in [-0.1, -0.05) is 0 Å². The van der Waals surface area contributed by atoms with Crippen molar-refractivity contribution in [3.05, 3.63) is 33.9 Å². The molecule has 0 saturated heterocycles. The third-order valence-corrected chi connectivity index (χ3v) is 3.61. The van der Waals surface area contributed by atoms with Gasteiger partial charge in [-0.2, -0.15) is 0 Å². The molecule has 1 aliphatic carbocycles. The lowest BCUT2D eigenvalue weighted by Crippen LogP contribution is -2.42. The molecule has 2 N–H and O–H groups in total. The number of aliphatic hydroxyl groups is 2. The number of nitro groups is 1. The van der Waals surface area contributed by atoms with Crippen molar-refractivity contribution in [2.75, 3.05) is 18.1 Å². The highest BCUT2D eigenvalue weighted by Crippen LogP contribution is 2.33. The van der Waals surface area contributed by atoms with Crippen molar-refractivity contribution < 1.29 is 15.1 Å². The molecule has 0 bridgehead atoms. The highest BCUT2D eigenvalue weighted by Gasteiger charge is 2.26. The van der Waals surface area contributed by atoms with Crippen LogP contribution in [0.4, 0.5) is 11.4 Å². The number of rotatable bonds is 6. The molecule has 0 aliphatic heterocycles. The second kappa shape index (κ2) is 5.99. The predicted octanol–water partition coefficient (Wildman–Crippen LogP) is 1.44. The maximum atomic E-state index is 10.7. The Balaban J connectivity index is 2.32. The van der Waals surface area contributed by atoms with Crippen LogP contribution in [0.3, 0.4) is 0 Å². The second-order valence-electron chi connectivity index (χ2n) is 4.73. The lowest BCUT2D eigenvalue weighted by molar-refractivity contribution is -0.384. The molecule has 1 aromatic carbocycles. The Kier molecular flexibility index (Phi) is 4.34. The highest BCUT2D eigenvalue weighted by atomic mass is 16.6. The molecule has 0 unspecified atom stereocenters. The Morgan fingerprint density at radius 2 is 2.11 bits per heavy atom. The number of nitrogens with zero attached hydrogens (tertiary/aromatic N) is 2. The summed E-state index contributed by atoms with van der Waals surface area (Å²) in [6.07, 6.45) is 3.28. The first-order chi connectivity index (χ1) is 9.17. The first-order valence-corrected chi connectivity index (χ1v) is 6.43. The van der Waals surface area contributed by atoms with E-state index in [0.29, 0.717) is 18.2 Å². The van der Waals surface area contributed by atoms with Crippen LogP contribution in [0.2, 0.25) is 0 Å². The minimum absolute atomic E-state index is 0.0228. The van der Waals surface area contributed by atoms with Gasteiger partial charge in [-0.3, -0.25) is 10.1 Å². The second-order valence-corrected chi connectivity index (χ2v) is 4.73. The third kappa shape index (κ3) is 2.85. The van der Waals surface area contributed by atoms with E-state index in [4.69, 9.17) is 5.11 Å². The molecule has 0 atom stereocenters. The number of anilines is 1. The van der Waals surface area contributed by atoms with Crippen molar-refractivity contribution in [1.29, 1.82) is 0 Å². The lowest BCUT2D eigenvalue weighted by Gasteiger charge is -2.39. The zero-order valence-corrected chi connectivity index (χ0v) is 10.7. The zero-order chi connectivity index (χ0) is 13.8. The molecule has 6 nitrogen and oxygen atoms in total. The third-order valence-electron chi connectivity index (χ3n) is 3.61. The van der Waals surface area contributed by atoms with E-state index in [9.17, 15) is 15.2 Å². The van der Waals surface area contributed by atoms with Gasteiger partial charge in [0.2, 0.25) is 0 Å². The highest BCUT2D eigenvalue weighted by molar-refractivity contribution is 5.58. The molecule has 0 radical (unpaired) electrons. The fourth-order valence-corrected chi connectivity index (χ4v) is 2.40. The van der Waals surface area contributed by atoms with E-state index < -0.39 is 4.92 Å². The van der Waals surface area contributed by atoms with Crippen molar-refractivity contribution in [3.63, 3.8) is 0 Å². The Labute approximate surface area is 111 Å². The van der Waals surface area contributed by atoms with Gasteiger partial charge >= 0.3 is 0 Å². The quantitative estimate of drug-likeness (QED) is 0.601. The van der Waals surface area contributed by atoms with Crippen LogP contribution in [-0.2, 0) is 6.61 Å². The van der Waals surface area contributed by atoms with E-state index in [1.165, 1.54) is 12.1 Å². The maximum absolute atomic E-state index is 10.7. The first kappa shape index (κ1) is 13.8. The SMILES string of the molecule is O=[N+]([O-])c1ccc(N(CCO)C2CCC2)c(CO)c1. The molecule has 19 heavy (non-hydrogen) atoms. The molecule has 6 heteroatoms. The van der Waals surface area contributed by atoms with Crippen LogP contribution in [0.15, 0.2) is 18.2 Å². The van der Waals surface area contributed by atoms with Crippen LogP contribution in [0.1, 0.15) is 24.8 Å². The van der Waals surface area contributed by atoms with Gasteiger partial charge in [-0.15, -0.1) is 0 Å². The maximum Gasteiger partial charge on any atom is 0.269 e. The molecule has 1 aromatic rings. The number of benzene rings is 1. The molecule has 1 aliphatic rings. The fourth-order valence-electron chi connectivity index (χ4n) is 2.40. The van der Waals surface area contributed by atoms with E-state index in [1.54, 1.807) is 6.07 Å². The molecule has 0 heterocycles. The van der Waals surface area contributed by atoms with E-state index in [2.05, 4.69) is 0 Å². The zero-order valence-electron chi connectivity index (χ0n) is 10.7. The van der Waals surface area contributed by atoms with Crippen LogP contribution < -0.4 is 4.90 Å². The van der Waals surface area contributed by atoms with Gasteiger partial charge < -0.3 is 15.1 Å². The molecule has 2 rings (SSSR count). The van der Waals surface area contributed by atoms with E-state index in [1.807, 2.05) is 4.90 Å². The molecule has 0 amide bonds. The number of hydrogen-bond acceptors (Lipinski definition) is 5. The van der Waals surface area contributed by atoms with Gasteiger partial charge in [0.1, 0.15) is 0 Å². The van der Waals surface area contributed by atoms with Crippen LogP contribution in [0.5, 0.6) is 0 Å². The normalized spacial score (nSPS) is 15.1. The number of nitro benzene ring substituents is 1. The summed E-state index contributed by atoms with van der Waals surface area (Å²) in [5.74, 6) is 0. The molecular weight excluding hydrogens is 248 g/mol. The van der Waals surface area contributed by atoms with Crippen molar-refractivity contribution in [2.24, 2.45) is 0 Å². The Hall–Kier alpha value is -1.66. The smallest absolute Gasteiger partial charge is 0.269 e. The van der Waals surface area contributed by atoms with Gasteiger partial charge in [0.25, 0.3) is 5.69 Å². The first-order valence-electron chi connectivity index (χ1n) is 6.43. The number of hydrogen-bond donors (Lipinski definition) is 2. The average molecular weight is 266 g/mol. The summed E-state index contributed by atoms with van der Waals surface area (Å²) in [4.78, 5) is 12.3. The summed E-state index contributed by atoms with van der Waals surface area (Å²) in [6, 6.07) is 4.87. The summed E-state index contributed by atoms with van der Waals surface area (Å²) in [6.45, 7) is 0.263. The minimum Gasteiger partial charge on any atom is -0.395 e. The van der Waals surface area contributed by atoms with Crippen molar-refractivity contribution in [1.82, 2.24) is 0 Å². The number of non-ortho nitro benzene ring substituents is 1. The largest absolute Gasteiger partial charge is 0.395 e. The molecular formula is C13H18N2O4. The van der Waals surface area contributed by atoms with Crippen LogP contribution in [0, 0.1) is 10.1 Å². The van der Waals surface area contributed by atoms with Crippen molar-refractivity contribution in [2.45, 2.75) is 31.9 Å². The van der Waals surface area contributed by atoms with E-state index >= 15 is 0 Å². The Morgan fingerprint density at radius 1 is 1.37 bits per heavy atom. The molecule has 1 saturated carbocycles. The summed E-state index contributed by atoms with van der Waals surface area (Å²) >= 11 is 0. The van der Waals surface area contributed by atoms with Crippen LogP contribution in [0.25, 0.3) is 0 Å². The summed E-state index contributed by atoms with van der Waals surface area (Å²) in [5.41, 5.74) is 1.30. The number of aliphatic hydroxyl groups excluding tert-OH is 2. The predicted molar refractivity (Wildman–Crippen MR) is 71.1 cm³/mol. The molecule has 0 aromatic heterocycles. The van der Waals surface area contributed by atoms with Gasteiger partial charge in [0.15, 0.2) is 0 Å². The van der Waals surface area contributed by atoms with E-state index in [-0.39, 0.29) is 18.9 Å². The Bertz CT molecular complexity index is 460. The van der Waals surface area contributed by atoms with Crippen molar-refractivity contribution in [3.8, 4) is 0 Å². The van der Waals surface area contributed by atoms with E-state index in [0.717, 1.165) is 24.9 Å². The molecule has 0 spiro atoms. The monoisotopic (exact) mass is 266 g/mol. The Morgan fingerprint density at radius 3 is 2.58 bits per heavy atom. The average Bonchev–Trinajstić information content (AvgIpc) is 2.35. The van der Waals surface area contributed by atoms with Crippen LogP contribution >= 0.6 is 0 Å².